The van der Waals surface area contributed by atoms with Crippen LogP contribution in [0.3, 0.4) is 0 Å². The van der Waals surface area contributed by atoms with E-state index in [4.69, 9.17) is 20.4 Å². The lowest BCUT2D eigenvalue weighted by molar-refractivity contribution is -0.246. The minimum absolute atomic E-state index is 0.0589. The van der Waals surface area contributed by atoms with Crippen LogP contribution < -0.4 is 0 Å². The van der Waals surface area contributed by atoms with Crippen molar-refractivity contribution in [3.63, 3.8) is 0 Å². The van der Waals surface area contributed by atoms with Gasteiger partial charge in [-0.3, -0.25) is 9.59 Å². The molecule has 0 aromatic carbocycles. The van der Waals surface area contributed by atoms with Gasteiger partial charge in [0, 0.05) is 0 Å². The molecule has 0 saturated heterocycles. The molecule has 2 unspecified atom stereocenters. The topological polar surface area (TPSA) is 83.8 Å². The van der Waals surface area contributed by atoms with Crippen molar-refractivity contribution in [3.8, 4) is 0 Å². The number of carboxylic acids is 2. The van der Waals surface area contributed by atoms with Gasteiger partial charge in [-0.2, -0.15) is 0 Å². The van der Waals surface area contributed by atoms with Gasteiger partial charge in [0.1, 0.15) is 15.7 Å². The van der Waals surface area contributed by atoms with E-state index in [-0.39, 0.29) is 16.3 Å². The summed E-state index contributed by atoms with van der Waals surface area (Å²) in [4.78, 5) is 24.7. The van der Waals surface area contributed by atoms with Crippen LogP contribution in [0.5, 0.6) is 0 Å². The average molecular weight is 558 g/mol. The second-order valence-electron chi connectivity index (χ2n) is 16.9. The number of aliphatic carboxylic acids is 2. The Bertz CT molecular complexity index is 946. The van der Waals surface area contributed by atoms with Crippen LogP contribution in [-0.4, -0.2) is 49.0 Å². The largest absolute Gasteiger partial charge is 0.481 e. The monoisotopic (exact) mass is 558 g/mol. The highest BCUT2D eigenvalue weighted by Gasteiger charge is 2.58. The van der Waals surface area contributed by atoms with E-state index in [1.165, 1.54) is 0 Å². The molecule has 0 bridgehead atoms. The Hall–Kier alpha value is -1.23. The maximum atomic E-state index is 12.7. The Morgan fingerprint density at radius 3 is 1.48 bits per heavy atom. The average Bonchev–Trinajstić information content (AvgIpc) is 2.68. The number of allylic oxidation sites excluding steroid dienone is 2. The number of hydrogen-bond donors (Lipinski definition) is 2. The summed E-state index contributed by atoms with van der Waals surface area (Å²) in [6.45, 7) is 35.4. The van der Waals surface area contributed by atoms with Gasteiger partial charge in [-0.05, 0) is 73.0 Å². The molecule has 4 radical (unpaired) electrons. The van der Waals surface area contributed by atoms with Crippen molar-refractivity contribution < 1.29 is 24.5 Å². The van der Waals surface area contributed by atoms with Gasteiger partial charge in [0.2, 0.25) is 0 Å². The fraction of sp³-hybridized carbons (Fsp3) is 0.879. The molecule has 0 aromatic rings. The van der Waals surface area contributed by atoms with Crippen molar-refractivity contribution >= 4 is 27.6 Å². The van der Waals surface area contributed by atoms with Crippen LogP contribution in [0.1, 0.15) is 131 Å². The first-order valence-corrected chi connectivity index (χ1v) is 14.7. The van der Waals surface area contributed by atoms with Gasteiger partial charge in [0.05, 0.1) is 23.5 Å². The lowest BCUT2D eigenvalue weighted by atomic mass is 9.47. The summed E-state index contributed by atoms with van der Waals surface area (Å²) in [5.41, 5.74) is -2.97. The van der Waals surface area contributed by atoms with Gasteiger partial charge in [-0.25, -0.2) is 0 Å². The first kappa shape index (κ1) is 38.8. The Balaban J connectivity index is 7.36. The molecule has 5 nitrogen and oxygen atoms in total. The molecule has 0 saturated carbocycles. The van der Waals surface area contributed by atoms with Crippen LogP contribution in [0.25, 0.3) is 0 Å². The van der Waals surface area contributed by atoms with Gasteiger partial charge in [0.25, 0.3) is 0 Å². The Kier molecular flexibility index (Phi) is 11.8. The van der Waals surface area contributed by atoms with Crippen LogP contribution in [0.2, 0.25) is 0 Å². The third kappa shape index (κ3) is 8.19. The van der Waals surface area contributed by atoms with E-state index in [9.17, 15) is 19.8 Å². The van der Waals surface area contributed by atoms with Crippen LogP contribution >= 0.6 is 0 Å². The molecule has 228 valence electrons. The predicted molar refractivity (Wildman–Crippen MR) is 169 cm³/mol. The first-order valence-electron chi connectivity index (χ1n) is 14.7. The molecule has 0 aliphatic carbocycles. The van der Waals surface area contributed by atoms with Crippen molar-refractivity contribution in [1.82, 2.24) is 0 Å². The minimum atomic E-state index is -1.29. The van der Waals surface area contributed by atoms with Crippen molar-refractivity contribution in [2.75, 3.05) is 0 Å². The van der Waals surface area contributed by atoms with Gasteiger partial charge in [-0.1, -0.05) is 90.0 Å². The molecule has 2 atom stereocenters. The zero-order chi connectivity index (χ0) is 32.7. The third-order valence-electron chi connectivity index (χ3n) is 10.9. The number of carbonyl (C=O) groups is 2. The van der Waals surface area contributed by atoms with Gasteiger partial charge in [0.15, 0.2) is 0 Å². The minimum Gasteiger partial charge on any atom is -0.481 e. The zero-order valence-electron chi connectivity index (χ0n) is 28.9. The summed E-state index contributed by atoms with van der Waals surface area (Å²) in [5.74, 6) is -4.22. The second kappa shape index (κ2) is 12.2. The summed E-state index contributed by atoms with van der Waals surface area (Å²) >= 11 is 0. The van der Waals surface area contributed by atoms with E-state index < -0.39 is 57.6 Å². The molecule has 40 heavy (non-hydrogen) atoms. The van der Waals surface area contributed by atoms with Crippen molar-refractivity contribution in [2.24, 2.45) is 44.8 Å². The molecule has 0 amide bonds. The van der Waals surface area contributed by atoms with Crippen LogP contribution in [0.4, 0.5) is 0 Å². The molecular weight excluding hydrogens is 498 g/mol. The van der Waals surface area contributed by atoms with Crippen molar-refractivity contribution in [1.29, 1.82) is 0 Å². The summed E-state index contributed by atoms with van der Waals surface area (Å²) in [7, 11) is 13.7. The zero-order valence-corrected chi connectivity index (χ0v) is 28.9. The van der Waals surface area contributed by atoms with Crippen LogP contribution in [0.15, 0.2) is 10.9 Å². The standard InChI is InChI=1S/C33H60B2O5/c1-20(2)29(8,9)32(14,15)40-33(16,17)31(12,13)30(10,11)23(21(26(38)39)18-22(36)37)24(34)25(35)28(6,7)19-27(3,4)5/h20-21,23H,18-19H2,1-17H3,(H,36,37)(H,38,39)/b25-24+. The van der Waals surface area contributed by atoms with E-state index >= 15 is 0 Å². The smallest absolute Gasteiger partial charge is 0.307 e. The predicted octanol–water partition coefficient (Wildman–Crippen LogP) is 8.10. The molecule has 7 heteroatoms. The summed E-state index contributed by atoms with van der Waals surface area (Å²) in [5, 5.41) is 20.1. The number of carboxylic acid groups (broad SMARTS) is 2. The van der Waals surface area contributed by atoms with Crippen LogP contribution in [0, 0.1) is 44.8 Å². The number of rotatable bonds is 14. The van der Waals surface area contributed by atoms with Crippen LogP contribution in [-0.2, 0) is 14.3 Å². The number of ether oxygens (including phenoxy) is 1. The Morgan fingerprint density at radius 1 is 0.725 bits per heavy atom. The summed E-state index contributed by atoms with van der Waals surface area (Å²) in [6, 6.07) is 0. The molecule has 0 spiro atoms. The lowest BCUT2D eigenvalue weighted by Crippen LogP contribution is -2.60. The van der Waals surface area contributed by atoms with Gasteiger partial charge < -0.3 is 14.9 Å². The Labute approximate surface area is 249 Å². The third-order valence-corrected chi connectivity index (χ3v) is 10.9. The van der Waals surface area contributed by atoms with Gasteiger partial charge in [-0.15, -0.1) is 10.9 Å². The van der Waals surface area contributed by atoms with E-state index in [1.807, 2.05) is 41.5 Å². The van der Waals surface area contributed by atoms with E-state index in [2.05, 4.69) is 76.2 Å². The van der Waals surface area contributed by atoms with E-state index in [0.717, 1.165) is 0 Å². The van der Waals surface area contributed by atoms with E-state index in [1.54, 1.807) is 0 Å². The highest BCUT2D eigenvalue weighted by molar-refractivity contribution is 6.32. The normalized spacial score (nSPS) is 16.9. The molecule has 0 aliphatic rings. The highest BCUT2D eigenvalue weighted by Crippen LogP contribution is 2.58. The molecular formula is C33H60B2O5. The van der Waals surface area contributed by atoms with Crippen molar-refractivity contribution in [2.45, 2.75) is 142 Å². The molecule has 0 fully saturated rings. The Morgan fingerprint density at radius 2 is 1.15 bits per heavy atom. The van der Waals surface area contributed by atoms with Gasteiger partial charge >= 0.3 is 11.9 Å². The molecule has 0 aliphatic heterocycles. The SMILES string of the molecule is [B]/C(=C(/[B])C(C)(C)CC(C)(C)C)C(C(CC(=O)O)C(=O)O)C(C)(C)C(C)(C)C(C)(C)OC(C)(C)C(C)(C)C(C)C. The maximum Gasteiger partial charge on any atom is 0.307 e. The number of hydrogen-bond acceptors (Lipinski definition) is 3. The summed E-state index contributed by atoms with van der Waals surface area (Å²) < 4.78 is 7.00. The fourth-order valence-electron chi connectivity index (χ4n) is 6.38. The van der Waals surface area contributed by atoms with Crippen molar-refractivity contribution in [3.05, 3.63) is 10.9 Å². The molecule has 0 aromatic heterocycles. The second-order valence-corrected chi connectivity index (χ2v) is 16.9. The lowest BCUT2D eigenvalue weighted by Gasteiger charge is -2.60. The molecule has 0 heterocycles. The quantitative estimate of drug-likeness (QED) is 0.211. The summed E-state index contributed by atoms with van der Waals surface area (Å²) in [6.07, 6.45) is 0.146. The first-order chi connectivity index (χ1) is 17.3. The maximum absolute atomic E-state index is 12.7. The van der Waals surface area contributed by atoms with E-state index in [0.29, 0.717) is 17.8 Å². The fourth-order valence-corrected chi connectivity index (χ4v) is 6.38. The highest BCUT2D eigenvalue weighted by atomic mass is 16.5. The molecule has 0 rings (SSSR count). The molecule has 2 N–H and O–H groups in total.